The van der Waals surface area contributed by atoms with Crippen molar-refractivity contribution >= 4 is 27.5 Å². The maximum absolute atomic E-state index is 11.3. The van der Waals surface area contributed by atoms with Gasteiger partial charge in [0, 0.05) is 22.7 Å². The Kier molecular flexibility index (Phi) is 4.02. The van der Waals surface area contributed by atoms with Crippen LogP contribution < -0.4 is 16.4 Å². The van der Waals surface area contributed by atoms with E-state index in [9.17, 15) is 4.79 Å². The number of halogens is 1. The lowest BCUT2D eigenvalue weighted by atomic mass is 10.1. The smallest absolute Gasteiger partial charge is 0.250 e. The van der Waals surface area contributed by atoms with Crippen LogP contribution in [0.25, 0.3) is 0 Å². The molecule has 1 saturated heterocycles. The first-order valence-electron chi connectivity index (χ1n) is 5.73. The van der Waals surface area contributed by atoms with E-state index in [2.05, 4.69) is 26.6 Å². The quantitative estimate of drug-likeness (QED) is 0.793. The van der Waals surface area contributed by atoms with Gasteiger partial charge >= 0.3 is 0 Å². The Morgan fingerprint density at radius 3 is 3.06 bits per heavy atom. The predicted octanol–water partition coefficient (Wildman–Crippen LogP) is 1.71. The van der Waals surface area contributed by atoms with Gasteiger partial charge in [-0.15, -0.1) is 0 Å². The minimum atomic E-state index is -0.409. The largest absolute Gasteiger partial charge is 0.383 e. The molecule has 92 valence electrons. The van der Waals surface area contributed by atoms with Crippen LogP contribution in [-0.4, -0.2) is 25.0 Å². The van der Waals surface area contributed by atoms with Gasteiger partial charge in [-0.1, -0.05) is 15.9 Å². The van der Waals surface area contributed by atoms with Crippen molar-refractivity contribution in [3.63, 3.8) is 0 Å². The summed E-state index contributed by atoms with van der Waals surface area (Å²) in [7, 11) is 0. The number of hydrogen-bond donors (Lipinski definition) is 3. The molecular formula is C12H16BrN3O. The molecule has 1 aliphatic rings. The van der Waals surface area contributed by atoms with Crippen LogP contribution >= 0.6 is 15.9 Å². The third-order valence-electron chi connectivity index (χ3n) is 2.95. The number of nitrogens with two attached hydrogens (primary N) is 1. The summed E-state index contributed by atoms with van der Waals surface area (Å²) in [6, 6.07) is 6.00. The summed E-state index contributed by atoms with van der Waals surface area (Å²) in [5, 5.41) is 6.68. The van der Waals surface area contributed by atoms with Gasteiger partial charge in [0.15, 0.2) is 0 Å². The number of anilines is 1. The van der Waals surface area contributed by atoms with Crippen molar-refractivity contribution in [1.82, 2.24) is 5.32 Å². The molecule has 0 bridgehead atoms. The van der Waals surface area contributed by atoms with Gasteiger partial charge in [0.05, 0.1) is 5.56 Å². The Bertz CT molecular complexity index is 416. The van der Waals surface area contributed by atoms with E-state index in [4.69, 9.17) is 5.73 Å². The maximum atomic E-state index is 11.3. The van der Waals surface area contributed by atoms with Crippen LogP contribution in [0.2, 0.25) is 0 Å². The summed E-state index contributed by atoms with van der Waals surface area (Å²) in [4.78, 5) is 11.3. The van der Waals surface area contributed by atoms with Gasteiger partial charge in [0.2, 0.25) is 0 Å². The molecule has 0 saturated carbocycles. The number of hydrogen-bond acceptors (Lipinski definition) is 3. The first-order chi connectivity index (χ1) is 8.16. The summed E-state index contributed by atoms with van der Waals surface area (Å²) in [6.07, 6.45) is 2.39. The SMILES string of the molecule is NC(=O)c1cc(Br)ccc1NCC1CCCN1. The predicted molar refractivity (Wildman–Crippen MR) is 72.2 cm³/mol. The highest BCUT2D eigenvalue weighted by Crippen LogP contribution is 2.21. The van der Waals surface area contributed by atoms with Crippen LogP contribution in [0.4, 0.5) is 5.69 Å². The number of amides is 1. The topological polar surface area (TPSA) is 67.2 Å². The van der Waals surface area contributed by atoms with E-state index in [0.29, 0.717) is 11.6 Å². The molecule has 1 unspecified atom stereocenters. The Labute approximate surface area is 109 Å². The molecule has 5 heteroatoms. The molecule has 1 aromatic carbocycles. The number of benzene rings is 1. The van der Waals surface area contributed by atoms with Crippen LogP contribution in [0.1, 0.15) is 23.2 Å². The van der Waals surface area contributed by atoms with E-state index < -0.39 is 5.91 Å². The first kappa shape index (κ1) is 12.4. The Balaban J connectivity index is 2.06. The zero-order valence-corrected chi connectivity index (χ0v) is 11.1. The molecule has 0 aromatic heterocycles. The number of nitrogens with one attached hydrogen (secondary N) is 2. The van der Waals surface area contributed by atoms with Gasteiger partial charge in [0.1, 0.15) is 0 Å². The molecule has 1 atom stereocenters. The molecular weight excluding hydrogens is 282 g/mol. The summed E-state index contributed by atoms with van der Waals surface area (Å²) < 4.78 is 0.857. The van der Waals surface area contributed by atoms with Gasteiger partial charge in [0.25, 0.3) is 5.91 Å². The highest BCUT2D eigenvalue weighted by atomic mass is 79.9. The van der Waals surface area contributed by atoms with Crippen LogP contribution in [0, 0.1) is 0 Å². The average Bonchev–Trinajstić information content (AvgIpc) is 2.80. The molecule has 1 aliphatic heterocycles. The van der Waals surface area contributed by atoms with Gasteiger partial charge in [-0.2, -0.15) is 0 Å². The van der Waals surface area contributed by atoms with Crippen molar-refractivity contribution in [3.8, 4) is 0 Å². The fourth-order valence-corrected chi connectivity index (χ4v) is 2.40. The minimum Gasteiger partial charge on any atom is -0.383 e. The lowest BCUT2D eigenvalue weighted by Gasteiger charge is -2.14. The second-order valence-corrected chi connectivity index (χ2v) is 5.14. The molecule has 1 heterocycles. The maximum Gasteiger partial charge on any atom is 0.250 e. The molecule has 0 radical (unpaired) electrons. The average molecular weight is 298 g/mol. The van der Waals surface area contributed by atoms with Crippen molar-refractivity contribution in [3.05, 3.63) is 28.2 Å². The normalized spacial score (nSPS) is 19.2. The fourth-order valence-electron chi connectivity index (χ4n) is 2.04. The van der Waals surface area contributed by atoms with Crippen molar-refractivity contribution < 1.29 is 4.79 Å². The molecule has 1 fully saturated rings. The minimum absolute atomic E-state index is 0.409. The Morgan fingerprint density at radius 1 is 1.59 bits per heavy atom. The van der Waals surface area contributed by atoms with Crippen molar-refractivity contribution in [2.45, 2.75) is 18.9 Å². The summed E-state index contributed by atoms with van der Waals surface area (Å²) in [6.45, 7) is 1.90. The molecule has 4 nitrogen and oxygen atoms in total. The molecule has 2 rings (SSSR count). The van der Waals surface area contributed by atoms with Crippen molar-refractivity contribution in [2.24, 2.45) is 5.73 Å². The van der Waals surface area contributed by atoms with Crippen LogP contribution in [0.3, 0.4) is 0 Å². The van der Waals surface area contributed by atoms with E-state index in [1.165, 1.54) is 12.8 Å². The molecule has 1 amide bonds. The van der Waals surface area contributed by atoms with E-state index in [1.807, 2.05) is 12.1 Å². The van der Waals surface area contributed by atoms with Crippen LogP contribution in [-0.2, 0) is 0 Å². The lowest BCUT2D eigenvalue weighted by Crippen LogP contribution is -2.30. The highest BCUT2D eigenvalue weighted by Gasteiger charge is 2.15. The summed E-state index contributed by atoms with van der Waals surface area (Å²) in [5.74, 6) is -0.409. The molecule has 0 spiro atoms. The van der Waals surface area contributed by atoms with Gasteiger partial charge < -0.3 is 16.4 Å². The fraction of sp³-hybridized carbons (Fsp3) is 0.417. The number of rotatable bonds is 4. The Hall–Kier alpha value is -1.07. The molecule has 17 heavy (non-hydrogen) atoms. The molecule has 4 N–H and O–H groups in total. The monoisotopic (exact) mass is 297 g/mol. The second kappa shape index (κ2) is 5.51. The molecule has 0 aliphatic carbocycles. The summed E-state index contributed by atoms with van der Waals surface area (Å²) in [5.41, 5.74) is 6.68. The van der Waals surface area contributed by atoms with Gasteiger partial charge in [-0.3, -0.25) is 4.79 Å². The van der Waals surface area contributed by atoms with E-state index in [-0.39, 0.29) is 0 Å². The van der Waals surface area contributed by atoms with Crippen molar-refractivity contribution in [2.75, 3.05) is 18.4 Å². The van der Waals surface area contributed by atoms with Crippen LogP contribution in [0.5, 0.6) is 0 Å². The van der Waals surface area contributed by atoms with E-state index >= 15 is 0 Å². The standard InChI is InChI=1S/C12H16BrN3O/c13-8-3-4-11(10(6-8)12(14)17)16-7-9-2-1-5-15-9/h3-4,6,9,15-16H,1-2,5,7H2,(H2,14,17). The first-order valence-corrected chi connectivity index (χ1v) is 6.53. The van der Waals surface area contributed by atoms with Crippen LogP contribution in [0.15, 0.2) is 22.7 Å². The number of carbonyl (C=O) groups is 1. The summed E-state index contributed by atoms with van der Waals surface area (Å²) >= 11 is 3.33. The zero-order chi connectivity index (χ0) is 12.3. The third-order valence-corrected chi connectivity index (χ3v) is 3.44. The van der Waals surface area contributed by atoms with Gasteiger partial charge in [-0.25, -0.2) is 0 Å². The second-order valence-electron chi connectivity index (χ2n) is 4.23. The zero-order valence-electron chi connectivity index (χ0n) is 9.50. The third kappa shape index (κ3) is 3.20. The number of primary amides is 1. The number of carbonyl (C=O) groups excluding carboxylic acids is 1. The highest BCUT2D eigenvalue weighted by molar-refractivity contribution is 9.10. The van der Waals surface area contributed by atoms with E-state index in [0.717, 1.165) is 23.2 Å². The Morgan fingerprint density at radius 2 is 2.41 bits per heavy atom. The lowest BCUT2D eigenvalue weighted by molar-refractivity contribution is 0.100. The van der Waals surface area contributed by atoms with E-state index in [1.54, 1.807) is 6.07 Å². The van der Waals surface area contributed by atoms with Gasteiger partial charge in [-0.05, 0) is 37.6 Å². The van der Waals surface area contributed by atoms with Crippen molar-refractivity contribution in [1.29, 1.82) is 0 Å². The molecule has 1 aromatic rings.